The maximum absolute atomic E-state index is 16.0. The van der Waals surface area contributed by atoms with E-state index in [2.05, 4.69) is 10.6 Å². The Kier molecular flexibility index (Phi) is 10.2. The Morgan fingerprint density at radius 2 is 1.05 bits per heavy atom. The van der Waals surface area contributed by atoms with E-state index in [-0.39, 0.29) is 41.5 Å². The van der Waals surface area contributed by atoms with Gasteiger partial charge in [-0.1, -0.05) is 108 Å². The lowest BCUT2D eigenvalue weighted by Gasteiger charge is -2.28. The third-order valence-electron chi connectivity index (χ3n) is 9.16. The number of hydrogen-bond donors (Lipinski definition) is 2. The quantitative estimate of drug-likeness (QED) is 0.159. The third-order valence-corrected chi connectivity index (χ3v) is 12.9. The van der Waals surface area contributed by atoms with Gasteiger partial charge in [-0.3, -0.25) is 19.2 Å². The van der Waals surface area contributed by atoms with Crippen molar-refractivity contribution in [3.05, 3.63) is 140 Å². The molecule has 16 heteroatoms. The van der Waals surface area contributed by atoms with Gasteiger partial charge in [-0.15, -0.1) is 22.7 Å². The largest absolute Gasteiger partial charge is 0.497 e. The van der Waals surface area contributed by atoms with Gasteiger partial charge in [0, 0.05) is 28.5 Å². The Balaban J connectivity index is 0.000000172. The Morgan fingerprint density at radius 3 is 1.54 bits per heavy atom. The van der Waals surface area contributed by atoms with E-state index in [0.29, 0.717) is 32.3 Å². The summed E-state index contributed by atoms with van der Waals surface area (Å²) >= 11 is 14.7. The number of carbonyl (C=O) groups is 4. The highest BCUT2D eigenvalue weighted by molar-refractivity contribution is 7.90. The van der Waals surface area contributed by atoms with Crippen molar-refractivity contribution in [2.75, 3.05) is 24.0 Å². The lowest BCUT2D eigenvalue weighted by Crippen LogP contribution is -2.47. The van der Waals surface area contributed by atoms with Gasteiger partial charge in [0.05, 0.1) is 23.1 Å². The van der Waals surface area contributed by atoms with E-state index in [0.717, 1.165) is 35.0 Å². The maximum Gasteiger partial charge on any atom is 0.276 e. The first kappa shape index (κ1) is 39.0. The van der Waals surface area contributed by atoms with Crippen LogP contribution in [0.1, 0.15) is 31.8 Å². The number of rotatable bonds is 6. The number of methoxy groups -OCH3 is 1. The van der Waals surface area contributed by atoms with E-state index in [4.69, 9.17) is 27.9 Å². The molecule has 2 aliphatic heterocycles. The Bertz CT molecular complexity index is 2690. The number of nitrogens with one attached hydrogen (secondary N) is 2. The van der Waals surface area contributed by atoms with Crippen molar-refractivity contribution in [1.82, 2.24) is 0 Å². The maximum atomic E-state index is 16.0. The average molecular weight is 852 g/mol. The summed E-state index contributed by atoms with van der Waals surface area (Å²) in [5.74, 6) is -3.54. The van der Waals surface area contributed by atoms with Crippen LogP contribution in [0, 0.1) is 0 Å². The zero-order chi connectivity index (χ0) is 40.2. The number of ether oxygens (including phenoxy) is 1. The van der Waals surface area contributed by atoms with Crippen molar-refractivity contribution in [2.24, 2.45) is 0 Å². The highest BCUT2D eigenvalue weighted by atomic mass is 35.5. The first-order valence-corrected chi connectivity index (χ1v) is 20.7. The number of carbonyl (C=O) groups excluding carboxylic acids is 4. The SMILES string of the molecule is COc1ccc(-c2c(Cl)sc3c2C(=O)C(F)(c2ccccc2)C(=O)N3)cc1.CS(=O)(=O)c1cccc(C2(F)C(=O)Nc3sc(Cl)c(-c4ccccc4)c3C2=O)c1. The number of sulfone groups is 1. The van der Waals surface area contributed by atoms with Crippen LogP contribution in [0.25, 0.3) is 22.3 Å². The molecule has 2 amide bonds. The van der Waals surface area contributed by atoms with Crippen LogP contribution in [0.4, 0.5) is 18.8 Å². The van der Waals surface area contributed by atoms with Crippen molar-refractivity contribution < 1.29 is 41.1 Å². The van der Waals surface area contributed by atoms with Crippen molar-refractivity contribution in [1.29, 1.82) is 0 Å². The highest BCUT2D eigenvalue weighted by Crippen LogP contribution is 2.51. The number of ketones is 2. The van der Waals surface area contributed by atoms with Crippen molar-refractivity contribution >= 4 is 89.1 Å². The van der Waals surface area contributed by atoms with Gasteiger partial charge in [-0.25, -0.2) is 17.2 Å². The number of fused-ring (bicyclic) bond motifs is 2. The molecule has 56 heavy (non-hydrogen) atoms. The molecule has 0 fully saturated rings. The normalized spacial score (nSPS) is 18.9. The van der Waals surface area contributed by atoms with Gasteiger partial charge in [0.2, 0.25) is 11.6 Å². The fourth-order valence-corrected chi connectivity index (χ4v) is 9.78. The molecule has 6 aromatic rings. The second-order valence-electron chi connectivity index (χ2n) is 12.6. The molecular formula is C40H26Cl2F2N2O7S3. The molecule has 284 valence electrons. The number of alkyl halides is 2. The summed E-state index contributed by atoms with van der Waals surface area (Å²) in [6.45, 7) is 0. The summed E-state index contributed by atoms with van der Waals surface area (Å²) in [6.07, 6.45) is 0.962. The van der Waals surface area contributed by atoms with Crippen LogP contribution >= 0.6 is 45.9 Å². The zero-order valence-electron chi connectivity index (χ0n) is 29.0. The van der Waals surface area contributed by atoms with E-state index in [9.17, 15) is 27.6 Å². The molecule has 4 heterocycles. The number of benzene rings is 4. The van der Waals surface area contributed by atoms with E-state index in [1.54, 1.807) is 79.9 Å². The fraction of sp³-hybridized carbons (Fsp3) is 0.100. The lowest BCUT2D eigenvalue weighted by molar-refractivity contribution is -0.126. The van der Waals surface area contributed by atoms with Crippen LogP contribution in [0.3, 0.4) is 0 Å². The standard InChI is InChI=1S/C20H13ClFNO4S2.C20H13ClFNO3S/c1-29(26,27)13-9-5-8-12(10-13)20(22)16(24)15-14(11-6-3-2-4-7-11)17(21)28-18(15)23-19(20)25;1-26-13-9-7-11(8-10-13)14-15-16(24)20(22,12-5-3-2-4-6-12)19(25)23-18(15)27-17(14)21/h2-10H,1H3,(H,23,25);2-10H,1H3,(H,23,25). The van der Waals surface area contributed by atoms with Crippen LogP contribution in [0.5, 0.6) is 5.75 Å². The Morgan fingerprint density at radius 1 is 0.607 bits per heavy atom. The zero-order valence-corrected chi connectivity index (χ0v) is 32.9. The monoisotopic (exact) mass is 850 g/mol. The summed E-state index contributed by atoms with van der Waals surface area (Å²) < 4.78 is 61.2. The molecule has 0 aliphatic carbocycles. The average Bonchev–Trinajstić information content (AvgIpc) is 3.71. The molecule has 2 unspecified atom stereocenters. The number of halogens is 4. The lowest BCUT2D eigenvalue weighted by atomic mass is 9.83. The van der Waals surface area contributed by atoms with Gasteiger partial charge in [0.15, 0.2) is 9.84 Å². The van der Waals surface area contributed by atoms with Crippen LogP contribution in [-0.2, 0) is 30.8 Å². The van der Waals surface area contributed by atoms with Crippen LogP contribution < -0.4 is 15.4 Å². The van der Waals surface area contributed by atoms with Crippen molar-refractivity contribution in [2.45, 2.75) is 16.2 Å². The summed E-state index contributed by atoms with van der Waals surface area (Å²) in [4.78, 5) is 51.3. The molecule has 4 aromatic carbocycles. The van der Waals surface area contributed by atoms with Gasteiger partial charge in [-0.05, 0) is 35.4 Å². The van der Waals surface area contributed by atoms with Gasteiger partial charge in [-0.2, -0.15) is 0 Å². The molecule has 2 atom stereocenters. The van der Waals surface area contributed by atoms with E-state index in [1.807, 2.05) is 0 Å². The first-order chi connectivity index (χ1) is 26.6. The minimum Gasteiger partial charge on any atom is -0.497 e. The molecule has 0 saturated heterocycles. The predicted molar refractivity (Wildman–Crippen MR) is 214 cm³/mol. The second-order valence-corrected chi connectivity index (χ2v) is 17.8. The second kappa shape index (κ2) is 14.7. The minimum atomic E-state index is -3.66. The number of thiophene rings is 2. The summed E-state index contributed by atoms with van der Waals surface area (Å²) in [6, 6.07) is 28.1. The van der Waals surface area contributed by atoms with Gasteiger partial charge < -0.3 is 15.4 Å². The van der Waals surface area contributed by atoms with Crippen LogP contribution in [-0.4, -0.2) is 45.2 Å². The Labute approximate surface area is 336 Å². The van der Waals surface area contributed by atoms with Crippen molar-refractivity contribution in [3.63, 3.8) is 0 Å². The minimum absolute atomic E-state index is 0.0128. The molecular weight excluding hydrogens is 826 g/mol. The van der Waals surface area contributed by atoms with Crippen molar-refractivity contribution in [3.8, 4) is 28.0 Å². The topological polar surface area (TPSA) is 136 Å². The summed E-state index contributed by atoms with van der Waals surface area (Å²) in [5, 5.41) is 5.34. The molecule has 2 N–H and O–H groups in total. The molecule has 0 bridgehead atoms. The first-order valence-electron chi connectivity index (χ1n) is 16.4. The molecule has 2 aliphatic rings. The number of hydrogen-bond acceptors (Lipinski definition) is 9. The molecule has 0 saturated carbocycles. The molecule has 2 aromatic heterocycles. The predicted octanol–water partition coefficient (Wildman–Crippen LogP) is 9.55. The Hall–Kier alpha value is -5.25. The van der Waals surface area contributed by atoms with Crippen LogP contribution in [0.15, 0.2) is 114 Å². The number of anilines is 2. The van der Waals surface area contributed by atoms with E-state index < -0.39 is 44.6 Å². The number of Topliss-reactive ketones (excluding diaryl/α,β-unsaturated/α-hetero) is 2. The van der Waals surface area contributed by atoms with Gasteiger partial charge >= 0.3 is 0 Å². The van der Waals surface area contributed by atoms with Gasteiger partial charge in [0.25, 0.3) is 23.2 Å². The van der Waals surface area contributed by atoms with E-state index >= 15 is 8.78 Å². The number of amides is 2. The fourth-order valence-electron chi connectivity index (χ4n) is 6.36. The smallest absolute Gasteiger partial charge is 0.276 e. The molecule has 0 spiro atoms. The van der Waals surface area contributed by atoms with E-state index in [1.165, 1.54) is 30.3 Å². The third kappa shape index (κ3) is 6.50. The van der Waals surface area contributed by atoms with Crippen LogP contribution in [0.2, 0.25) is 8.67 Å². The summed E-state index contributed by atoms with van der Waals surface area (Å²) in [7, 11) is -2.12. The molecule has 9 nitrogen and oxygen atoms in total. The summed E-state index contributed by atoms with van der Waals surface area (Å²) in [5.41, 5.74) is -4.22. The molecule has 0 radical (unpaired) electrons. The molecule has 8 rings (SSSR count). The highest BCUT2D eigenvalue weighted by Gasteiger charge is 2.55. The van der Waals surface area contributed by atoms with Gasteiger partial charge in [0.1, 0.15) is 24.4 Å².